The lowest BCUT2D eigenvalue weighted by Gasteiger charge is -2.34. The van der Waals surface area contributed by atoms with Gasteiger partial charge >= 0.3 is 5.97 Å². The van der Waals surface area contributed by atoms with Crippen molar-refractivity contribution in [2.24, 2.45) is 17.6 Å². The van der Waals surface area contributed by atoms with Crippen LogP contribution in [0.25, 0.3) is 0 Å². The molecule has 1 saturated carbocycles. The van der Waals surface area contributed by atoms with Crippen LogP contribution in [0.5, 0.6) is 0 Å². The van der Waals surface area contributed by atoms with E-state index in [4.69, 9.17) is 5.73 Å². The zero-order chi connectivity index (χ0) is 15.4. The second-order valence-corrected chi connectivity index (χ2v) is 5.86. The van der Waals surface area contributed by atoms with E-state index >= 15 is 0 Å². The Morgan fingerprint density at radius 1 is 1.10 bits per heavy atom. The smallest absolute Gasteiger partial charge is 0.307 e. The molecule has 0 aromatic rings. The number of aliphatic carboxylic acids is 1. The topological polar surface area (TPSA) is 101 Å². The summed E-state index contributed by atoms with van der Waals surface area (Å²) in [5, 5.41) is 9.29. The molecule has 2 rings (SSSR count). The molecular formula is C15H22N2O4. The minimum Gasteiger partial charge on any atom is -0.481 e. The van der Waals surface area contributed by atoms with Crippen LogP contribution in [0.4, 0.5) is 0 Å². The number of carboxylic acids is 1. The van der Waals surface area contributed by atoms with Crippen LogP contribution >= 0.6 is 0 Å². The first-order valence-corrected chi connectivity index (χ1v) is 7.47. The number of primary amides is 1. The van der Waals surface area contributed by atoms with E-state index in [2.05, 4.69) is 0 Å². The minimum atomic E-state index is -0.955. The summed E-state index contributed by atoms with van der Waals surface area (Å²) in [5.74, 6) is -3.04. The van der Waals surface area contributed by atoms with E-state index in [9.17, 15) is 19.5 Å². The molecule has 2 amide bonds. The summed E-state index contributed by atoms with van der Waals surface area (Å²) in [6.45, 7) is -0.115. The maximum atomic E-state index is 12.8. The van der Waals surface area contributed by atoms with Gasteiger partial charge < -0.3 is 15.7 Å². The molecule has 0 spiro atoms. The fourth-order valence-corrected chi connectivity index (χ4v) is 3.34. The zero-order valence-corrected chi connectivity index (χ0v) is 12.0. The average molecular weight is 294 g/mol. The predicted octanol–water partition coefficient (Wildman–Crippen LogP) is 0.910. The minimum absolute atomic E-state index is 0.0188. The van der Waals surface area contributed by atoms with Crippen LogP contribution in [0.1, 0.15) is 38.5 Å². The van der Waals surface area contributed by atoms with E-state index in [1.165, 1.54) is 4.90 Å². The van der Waals surface area contributed by atoms with E-state index in [1.807, 2.05) is 6.08 Å². The molecule has 3 N–H and O–H groups in total. The summed E-state index contributed by atoms with van der Waals surface area (Å²) in [6, 6.07) is 0.0188. The number of carbonyl (C=O) groups excluding carboxylic acids is 2. The van der Waals surface area contributed by atoms with Gasteiger partial charge in [0.15, 0.2) is 0 Å². The molecule has 2 unspecified atom stereocenters. The van der Waals surface area contributed by atoms with Crippen molar-refractivity contribution in [3.8, 4) is 0 Å². The maximum absolute atomic E-state index is 12.8. The Hall–Kier alpha value is -1.85. The van der Waals surface area contributed by atoms with Gasteiger partial charge in [0.05, 0.1) is 18.4 Å². The van der Waals surface area contributed by atoms with E-state index < -0.39 is 23.7 Å². The third-order valence-electron chi connectivity index (χ3n) is 4.44. The molecule has 0 saturated heterocycles. The highest BCUT2D eigenvalue weighted by Gasteiger charge is 2.39. The van der Waals surface area contributed by atoms with Gasteiger partial charge in [-0.05, 0) is 25.7 Å². The zero-order valence-electron chi connectivity index (χ0n) is 12.0. The second kappa shape index (κ2) is 6.74. The number of hydrogen-bond donors (Lipinski definition) is 2. The Balaban J connectivity index is 2.17. The molecule has 116 valence electrons. The Morgan fingerprint density at radius 2 is 1.67 bits per heavy atom. The molecule has 0 aromatic heterocycles. The molecule has 21 heavy (non-hydrogen) atoms. The molecule has 6 nitrogen and oxygen atoms in total. The third-order valence-corrected chi connectivity index (χ3v) is 4.44. The Morgan fingerprint density at radius 3 is 2.19 bits per heavy atom. The normalized spacial score (nSPS) is 25.7. The Bertz CT molecular complexity index is 455. The van der Waals surface area contributed by atoms with Crippen molar-refractivity contribution in [1.82, 2.24) is 4.90 Å². The molecule has 0 radical (unpaired) electrons. The van der Waals surface area contributed by atoms with E-state index in [0.717, 1.165) is 25.7 Å². The molecule has 1 fully saturated rings. The third kappa shape index (κ3) is 3.62. The number of nitrogens with two attached hydrogens (primary N) is 1. The van der Waals surface area contributed by atoms with Gasteiger partial charge in [-0.3, -0.25) is 14.4 Å². The molecule has 0 heterocycles. The summed E-state index contributed by atoms with van der Waals surface area (Å²) >= 11 is 0. The van der Waals surface area contributed by atoms with E-state index in [1.54, 1.807) is 6.08 Å². The van der Waals surface area contributed by atoms with Crippen LogP contribution in [-0.2, 0) is 14.4 Å². The van der Waals surface area contributed by atoms with Gasteiger partial charge in [0.25, 0.3) is 0 Å². The first-order valence-electron chi connectivity index (χ1n) is 7.47. The fourth-order valence-electron chi connectivity index (χ4n) is 3.34. The molecule has 0 bridgehead atoms. The van der Waals surface area contributed by atoms with Gasteiger partial charge in [0.2, 0.25) is 11.8 Å². The van der Waals surface area contributed by atoms with Crippen LogP contribution in [0.3, 0.4) is 0 Å². The summed E-state index contributed by atoms with van der Waals surface area (Å²) < 4.78 is 0. The number of amides is 2. The predicted molar refractivity (Wildman–Crippen MR) is 76.2 cm³/mol. The highest BCUT2D eigenvalue weighted by Crippen LogP contribution is 2.31. The number of carbonyl (C=O) groups is 3. The number of allylic oxidation sites excluding steroid dienone is 2. The summed E-state index contributed by atoms with van der Waals surface area (Å²) in [7, 11) is 0. The Labute approximate surface area is 124 Å². The van der Waals surface area contributed by atoms with E-state index in [-0.39, 0.29) is 18.5 Å². The van der Waals surface area contributed by atoms with Crippen molar-refractivity contribution in [3.05, 3.63) is 12.2 Å². The molecule has 2 atom stereocenters. The van der Waals surface area contributed by atoms with Gasteiger partial charge in [0.1, 0.15) is 0 Å². The lowest BCUT2D eigenvalue weighted by atomic mass is 9.81. The Kier molecular flexibility index (Phi) is 4.98. The summed E-state index contributed by atoms with van der Waals surface area (Å²) in [5.41, 5.74) is 5.26. The highest BCUT2D eigenvalue weighted by molar-refractivity contribution is 5.88. The first kappa shape index (κ1) is 15.5. The summed E-state index contributed by atoms with van der Waals surface area (Å²) in [4.78, 5) is 36.9. The van der Waals surface area contributed by atoms with Crippen LogP contribution < -0.4 is 5.73 Å². The standard InChI is InChI=1S/C15H22N2O4/c16-13(18)9-17(10-5-1-2-6-10)14(19)11-7-3-4-8-12(11)15(20)21/h3-4,10-12H,1-2,5-9H2,(H2,16,18)(H,20,21). The monoisotopic (exact) mass is 294 g/mol. The van der Waals surface area contributed by atoms with Gasteiger partial charge in [-0.1, -0.05) is 25.0 Å². The average Bonchev–Trinajstić information content (AvgIpc) is 2.97. The SMILES string of the molecule is NC(=O)CN(C(=O)C1CC=CCC1C(=O)O)C1CCCC1. The maximum Gasteiger partial charge on any atom is 0.307 e. The second-order valence-electron chi connectivity index (χ2n) is 5.86. The van der Waals surface area contributed by atoms with Gasteiger partial charge in [-0.15, -0.1) is 0 Å². The van der Waals surface area contributed by atoms with Crippen LogP contribution in [0.15, 0.2) is 12.2 Å². The first-order chi connectivity index (χ1) is 10.0. The largest absolute Gasteiger partial charge is 0.481 e. The van der Waals surface area contributed by atoms with Crippen molar-refractivity contribution in [3.63, 3.8) is 0 Å². The van der Waals surface area contributed by atoms with Crippen molar-refractivity contribution in [2.75, 3.05) is 6.54 Å². The van der Waals surface area contributed by atoms with Gasteiger partial charge in [-0.25, -0.2) is 0 Å². The van der Waals surface area contributed by atoms with E-state index in [0.29, 0.717) is 12.8 Å². The molecule has 6 heteroatoms. The lowest BCUT2D eigenvalue weighted by Crippen LogP contribution is -2.49. The lowest BCUT2D eigenvalue weighted by molar-refractivity contribution is -0.152. The molecule has 0 aliphatic heterocycles. The highest BCUT2D eigenvalue weighted by atomic mass is 16.4. The fraction of sp³-hybridized carbons (Fsp3) is 0.667. The van der Waals surface area contributed by atoms with Crippen molar-refractivity contribution in [2.45, 2.75) is 44.6 Å². The molecule has 0 aromatic carbocycles. The van der Waals surface area contributed by atoms with Gasteiger partial charge in [0, 0.05) is 6.04 Å². The van der Waals surface area contributed by atoms with Crippen molar-refractivity contribution >= 4 is 17.8 Å². The number of carboxylic acid groups (broad SMARTS) is 1. The number of rotatable bonds is 5. The molecular weight excluding hydrogens is 272 g/mol. The van der Waals surface area contributed by atoms with Crippen LogP contribution in [0.2, 0.25) is 0 Å². The number of nitrogens with zero attached hydrogens (tertiary/aromatic N) is 1. The van der Waals surface area contributed by atoms with Crippen LogP contribution in [-0.4, -0.2) is 40.4 Å². The summed E-state index contributed by atoms with van der Waals surface area (Å²) in [6.07, 6.45) is 8.20. The molecule has 2 aliphatic carbocycles. The van der Waals surface area contributed by atoms with Crippen molar-refractivity contribution < 1.29 is 19.5 Å². The number of hydrogen-bond acceptors (Lipinski definition) is 3. The van der Waals surface area contributed by atoms with Gasteiger partial charge in [-0.2, -0.15) is 0 Å². The van der Waals surface area contributed by atoms with Crippen molar-refractivity contribution in [1.29, 1.82) is 0 Å². The van der Waals surface area contributed by atoms with Crippen LogP contribution in [0, 0.1) is 11.8 Å². The molecule has 2 aliphatic rings. The quantitative estimate of drug-likeness (QED) is 0.736.